The molecule has 1 rings (SSSR count). The Hall–Kier alpha value is -2.14. The van der Waals surface area contributed by atoms with Gasteiger partial charge in [0.15, 0.2) is 0 Å². The number of hydrogen-bond acceptors (Lipinski definition) is 5. The Labute approximate surface area is 125 Å². The van der Waals surface area contributed by atoms with Crippen molar-refractivity contribution >= 4 is 17.8 Å². The van der Waals surface area contributed by atoms with Crippen LogP contribution in [0.1, 0.15) is 31.9 Å². The van der Waals surface area contributed by atoms with E-state index in [1.54, 1.807) is 20.8 Å². The molecule has 0 aliphatic rings. The fourth-order valence-corrected chi connectivity index (χ4v) is 1.66. The predicted molar refractivity (Wildman–Crippen MR) is 83.7 cm³/mol. The van der Waals surface area contributed by atoms with Crippen LogP contribution in [0.15, 0.2) is 35.5 Å². The number of carbonyl (C=O) groups is 1. The second-order valence-corrected chi connectivity index (χ2v) is 5.54. The van der Waals surface area contributed by atoms with Gasteiger partial charge in [-0.1, -0.05) is 18.2 Å². The highest BCUT2D eigenvalue weighted by Gasteiger charge is 2.15. The van der Waals surface area contributed by atoms with Crippen LogP contribution in [0, 0.1) is 0 Å². The number of carbonyl (C=O) groups excluding carboxylic acids is 1. The molecule has 0 atom stereocenters. The van der Waals surface area contributed by atoms with Crippen LogP contribution in [0.2, 0.25) is 0 Å². The highest BCUT2D eigenvalue weighted by atomic mass is 16.6. The molecule has 0 bridgehead atoms. The Morgan fingerprint density at radius 2 is 2.14 bits per heavy atom. The quantitative estimate of drug-likeness (QED) is 0.640. The summed E-state index contributed by atoms with van der Waals surface area (Å²) in [5, 5.41) is 9.13. The zero-order valence-corrected chi connectivity index (χ0v) is 12.7. The SMILES string of the molecule is CC(C)(C)OC(=O)CN=CC(=CN)c1cccc(CO)c1. The van der Waals surface area contributed by atoms with Gasteiger partial charge in [0.05, 0.1) is 6.61 Å². The van der Waals surface area contributed by atoms with E-state index >= 15 is 0 Å². The van der Waals surface area contributed by atoms with Crippen LogP contribution < -0.4 is 5.73 Å². The molecule has 0 amide bonds. The third-order valence-electron chi connectivity index (χ3n) is 2.49. The Morgan fingerprint density at radius 3 is 2.71 bits per heavy atom. The van der Waals surface area contributed by atoms with Crippen molar-refractivity contribution < 1.29 is 14.6 Å². The summed E-state index contributed by atoms with van der Waals surface area (Å²) < 4.78 is 5.16. The molecule has 0 aliphatic heterocycles. The first-order valence-corrected chi connectivity index (χ1v) is 6.69. The van der Waals surface area contributed by atoms with E-state index < -0.39 is 5.60 Å². The van der Waals surface area contributed by atoms with E-state index in [1.165, 1.54) is 12.4 Å². The molecule has 1 aromatic rings. The Bertz CT molecular complexity index is 543. The van der Waals surface area contributed by atoms with Crippen LogP contribution >= 0.6 is 0 Å². The Kier molecular flexibility index (Phi) is 6.11. The molecule has 3 N–H and O–H groups in total. The number of rotatable bonds is 5. The molecular formula is C16H22N2O3. The van der Waals surface area contributed by atoms with Gasteiger partial charge in [-0.15, -0.1) is 0 Å². The topological polar surface area (TPSA) is 84.9 Å². The van der Waals surface area contributed by atoms with Gasteiger partial charge in [-0.3, -0.25) is 9.79 Å². The summed E-state index contributed by atoms with van der Waals surface area (Å²) in [6, 6.07) is 7.32. The monoisotopic (exact) mass is 290 g/mol. The lowest BCUT2D eigenvalue weighted by Gasteiger charge is -2.18. The van der Waals surface area contributed by atoms with Crippen LogP contribution in [0.4, 0.5) is 0 Å². The molecular weight excluding hydrogens is 268 g/mol. The molecule has 1 aromatic carbocycles. The van der Waals surface area contributed by atoms with Crippen LogP contribution in [0.5, 0.6) is 0 Å². The van der Waals surface area contributed by atoms with Crippen LogP contribution in [-0.2, 0) is 16.1 Å². The average Bonchev–Trinajstić information content (AvgIpc) is 2.41. The van der Waals surface area contributed by atoms with E-state index in [1.807, 2.05) is 24.3 Å². The van der Waals surface area contributed by atoms with E-state index in [9.17, 15) is 4.79 Å². The fourth-order valence-electron chi connectivity index (χ4n) is 1.66. The third-order valence-corrected chi connectivity index (χ3v) is 2.49. The van der Waals surface area contributed by atoms with Gasteiger partial charge in [-0.25, -0.2) is 0 Å². The molecule has 0 fully saturated rings. The molecule has 114 valence electrons. The van der Waals surface area contributed by atoms with Crippen LogP contribution in [-0.4, -0.2) is 29.4 Å². The molecule has 0 unspecified atom stereocenters. The minimum atomic E-state index is -0.519. The number of hydrogen-bond donors (Lipinski definition) is 2. The zero-order chi connectivity index (χ0) is 15.9. The normalized spacial score (nSPS) is 12.7. The van der Waals surface area contributed by atoms with Gasteiger partial charge in [-0.2, -0.15) is 0 Å². The maximum atomic E-state index is 11.5. The lowest BCUT2D eigenvalue weighted by molar-refractivity contribution is -0.152. The van der Waals surface area contributed by atoms with Gasteiger partial charge in [0.2, 0.25) is 0 Å². The number of nitrogens with two attached hydrogens (primary N) is 1. The molecule has 0 heterocycles. The minimum absolute atomic E-state index is 0.0409. The molecule has 21 heavy (non-hydrogen) atoms. The van der Waals surface area contributed by atoms with Crippen molar-refractivity contribution in [2.45, 2.75) is 33.0 Å². The van der Waals surface area contributed by atoms with Crippen molar-refractivity contribution in [3.8, 4) is 0 Å². The highest BCUT2D eigenvalue weighted by molar-refractivity contribution is 6.10. The summed E-state index contributed by atoms with van der Waals surface area (Å²) >= 11 is 0. The number of benzene rings is 1. The standard InChI is InChI=1S/C16H22N2O3/c1-16(2,3)21-15(20)10-18-9-14(8-17)13-6-4-5-12(7-13)11-19/h4-9,19H,10-11,17H2,1-3H3. The molecule has 0 spiro atoms. The van der Waals surface area contributed by atoms with E-state index in [0.29, 0.717) is 5.57 Å². The maximum absolute atomic E-state index is 11.5. The molecule has 0 saturated heterocycles. The predicted octanol–water partition coefficient (Wildman–Crippen LogP) is 1.89. The summed E-state index contributed by atoms with van der Waals surface area (Å²) in [6.07, 6.45) is 2.94. The van der Waals surface area contributed by atoms with Crippen molar-refractivity contribution in [3.63, 3.8) is 0 Å². The molecule has 0 radical (unpaired) electrons. The first kappa shape index (κ1) is 16.9. The van der Waals surface area contributed by atoms with E-state index in [0.717, 1.165) is 11.1 Å². The molecule has 5 nitrogen and oxygen atoms in total. The van der Waals surface area contributed by atoms with Gasteiger partial charge in [0.1, 0.15) is 12.1 Å². The van der Waals surface area contributed by atoms with E-state index in [2.05, 4.69) is 4.99 Å². The lowest BCUT2D eigenvalue weighted by atomic mass is 10.1. The van der Waals surface area contributed by atoms with Gasteiger partial charge in [-0.05, 0) is 38.0 Å². The fraction of sp³-hybridized carbons (Fsp3) is 0.375. The van der Waals surface area contributed by atoms with Gasteiger partial charge >= 0.3 is 5.97 Å². The van der Waals surface area contributed by atoms with Crippen molar-refractivity contribution in [2.75, 3.05) is 6.54 Å². The number of esters is 1. The highest BCUT2D eigenvalue weighted by Crippen LogP contribution is 2.14. The number of aliphatic hydroxyl groups excluding tert-OH is 1. The second kappa shape index (κ2) is 7.59. The lowest BCUT2D eigenvalue weighted by Crippen LogP contribution is -2.25. The van der Waals surface area contributed by atoms with E-state index in [-0.39, 0.29) is 19.1 Å². The van der Waals surface area contributed by atoms with Crippen molar-refractivity contribution in [1.82, 2.24) is 0 Å². The smallest absolute Gasteiger partial charge is 0.328 e. The average molecular weight is 290 g/mol. The van der Waals surface area contributed by atoms with E-state index in [4.69, 9.17) is 15.6 Å². The van der Waals surface area contributed by atoms with Crippen LogP contribution in [0.3, 0.4) is 0 Å². The molecule has 0 aromatic heterocycles. The summed E-state index contributed by atoms with van der Waals surface area (Å²) in [5.74, 6) is -0.390. The maximum Gasteiger partial charge on any atom is 0.328 e. The summed E-state index contributed by atoms with van der Waals surface area (Å²) in [4.78, 5) is 15.6. The van der Waals surface area contributed by atoms with Crippen LogP contribution in [0.25, 0.3) is 5.57 Å². The van der Waals surface area contributed by atoms with Crippen molar-refractivity contribution in [3.05, 3.63) is 41.6 Å². The van der Waals surface area contributed by atoms with Crippen molar-refractivity contribution in [1.29, 1.82) is 0 Å². The third kappa shape index (κ3) is 6.23. The number of aliphatic hydroxyl groups is 1. The van der Waals surface area contributed by atoms with Gasteiger partial charge in [0.25, 0.3) is 0 Å². The summed E-state index contributed by atoms with van der Waals surface area (Å²) in [5.41, 5.74) is 7.35. The van der Waals surface area contributed by atoms with Gasteiger partial charge < -0.3 is 15.6 Å². The largest absolute Gasteiger partial charge is 0.459 e. The first-order valence-electron chi connectivity index (χ1n) is 6.69. The zero-order valence-electron chi connectivity index (χ0n) is 12.7. The minimum Gasteiger partial charge on any atom is -0.459 e. The molecule has 0 aliphatic carbocycles. The number of allylic oxidation sites excluding steroid dienone is 1. The second-order valence-electron chi connectivity index (χ2n) is 5.54. The number of nitrogens with zero attached hydrogens (tertiary/aromatic N) is 1. The van der Waals surface area contributed by atoms with Gasteiger partial charge in [0, 0.05) is 18.0 Å². The summed E-state index contributed by atoms with van der Waals surface area (Å²) in [7, 11) is 0. The van der Waals surface area contributed by atoms with Crippen molar-refractivity contribution in [2.24, 2.45) is 10.7 Å². The number of ether oxygens (including phenoxy) is 1. The first-order chi connectivity index (χ1) is 9.85. The molecule has 0 saturated carbocycles. The molecule has 5 heteroatoms. The Morgan fingerprint density at radius 1 is 1.43 bits per heavy atom. The summed E-state index contributed by atoms with van der Waals surface area (Å²) in [6.45, 7) is 5.32. The number of aliphatic imine (C=N–C) groups is 1. The Balaban J connectivity index is 2.70.